The topological polar surface area (TPSA) is 42.7 Å². The third-order valence-electron chi connectivity index (χ3n) is 3.15. The maximum Gasteiger partial charge on any atom is 0.126 e. The first kappa shape index (κ1) is 13.1. The molecule has 2 aromatic rings. The summed E-state index contributed by atoms with van der Waals surface area (Å²) in [7, 11) is 1.97. The van der Waals surface area contributed by atoms with E-state index in [0.717, 1.165) is 22.5 Å². The molecule has 0 radical (unpaired) electrons. The van der Waals surface area contributed by atoms with Gasteiger partial charge >= 0.3 is 0 Å². The van der Waals surface area contributed by atoms with E-state index in [-0.39, 0.29) is 0 Å². The zero-order chi connectivity index (χ0) is 13.3. The fourth-order valence-corrected chi connectivity index (χ4v) is 2.11. The van der Waals surface area contributed by atoms with Crippen LogP contribution in [-0.4, -0.2) is 14.8 Å². The van der Waals surface area contributed by atoms with Crippen LogP contribution in [0.25, 0.3) is 0 Å². The van der Waals surface area contributed by atoms with E-state index in [1.54, 1.807) is 0 Å². The number of pyridine rings is 1. The fourth-order valence-electron chi connectivity index (χ4n) is 1.89. The van der Waals surface area contributed by atoms with E-state index in [1.807, 2.05) is 30.9 Å². The number of nitrogens with one attached hydrogen (secondary N) is 1. The lowest BCUT2D eigenvalue weighted by Gasteiger charge is -2.07. The van der Waals surface area contributed by atoms with Crippen LogP contribution in [-0.2, 0) is 13.6 Å². The molecule has 2 rings (SSSR count). The van der Waals surface area contributed by atoms with E-state index >= 15 is 0 Å². The average Bonchev–Trinajstić information content (AvgIpc) is 2.56. The molecule has 1 N–H and O–H groups in total. The SMILES string of the molecule is Cc1cc(NCc2c(C)nn(C)c2C)ncc1Br. The summed E-state index contributed by atoms with van der Waals surface area (Å²) in [5.41, 5.74) is 4.66. The van der Waals surface area contributed by atoms with Crippen LogP contribution < -0.4 is 5.32 Å². The van der Waals surface area contributed by atoms with Gasteiger partial charge in [0, 0.05) is 35.5 Å². The van der Waals surface area contributed by atoms with Gasteiger partial charge in [-0.15, -0.1) is 0 Å². The summed E-state index contributed by atoms with van der Waals surface area (Å²) >= 11 is 3.45. The van der Waals surface area contributed by atoms with Crippen LogP contribution in [0.1, 0.15) is 22.5 Å². The molecule has 96 valence electrons. The number of nitrogens with zero attached hydrogens (tertiary/aromatic N) is 3. The minimum atomic E-state index is 0.750. The van der Waals surface area contributed by atoms with Gasteiger partial charge in [0.2, 0.25) is 0 Å². The van der Waals surface area contributed by atoms with Gasteiger partial charge in [-0.2, -0.15) is 5.10 Å². The fraction of sp³-hybridized carbons (Fsp3) is 0.385. The Morgan fingerprint density at radius 3 is 2.61 bits per heavy atom. The van der Waals surface area contributed by atoms with Gasteiger partial charge in [0.25, 0.3) is 0 Å². The molecule has 0 bridgehead atoms. The second-order valence-corrected chi connectivity index (χ2v) is 5.30. The molecule has 5 heteroatoms. The van der Waals surface area contributed by atoms with Crippen molar-refractivity contribution in [1.82, 2.24) is 14.8 Å². The molecular weight excluding hydrogens is 292 g/mol. The summed E-state index contributed by atoms with van der Waals surface area (Å²) in [5, 5.41) is 7.74. The molecule has 0 saturated carbocycles. The first-order valence-corrected chi connectivity index (χ1v) is 6.63. The van der Waals surface area contributed by atoms with Crippen molar-refractivity contribution in [3.8, 4) is 0 Å². The molecule has 0 saturated heterocycles. The number of rotatable bonds is 3. The normalized spacial score (nSPS) is 10.7. The molecule has 0 amide bonds. The van der Waals surface area contributed by atoms with Gasteiger partial charge in [0.1, 0.15) is 5.82 Å². The Bertz CT molecular complexity index is 575. The number of aryl methyl sites for hydroxylation is 3. The lowest BCUT2D eigenvalue weighted by Crippen LogP contribution is -2.04. The molecule has 0 atom stereocenters. The quantitative estimate of drug-likeness (QED) is 0.947. The molecule has 0 aliphatic heterocycles. The van der Waals surface area contributed by atoms with E-state index in [2.05, 4.69) is 45.2 Å². The van der Waals surface area contributed by atoms with Crippen LogP contribution in [0.4, 0.5) is 5.82 Å². The molecule has 0 aliphatic carbocycles. The Hall–Kier alpha value is -1.36. The monoisotopic (exact) mass is 308 g/mol. The largest absolute Gasteiger partial charge is 0.366 e. The van der Waals surface area contributed by atoms with E-state index in [1.165, 1.54) is 16.8 Å². The minimum absolute atomic E-state index is 0.750. The number of halogens is 1. The molecule has 0 fully saturated rings. The van der Waals surface area contributed by atoms with Gasteiger partial charge in [-0.3, -0.25) is 4.68 Å². The molecule has 2 aromatic heterocycles. The van der Waals surface area contributed by atoms with Gasteiger partial charge < -0.3 is 5.32 Å². The Balaban J connectivity index is 2.14. The molecule has 0 aromatic carbocycles. The van der Waals surface area contributed by atoms with Gasteiger partial charge in [-0.05, 0) is 48.3 Å². The van der Waals surface area contributed by atoms with Crippen LogP contribution in [0.2, 0.25) is 0 Å². The molecule has 2 heterocycles. The van der Waals surface area contributed by atoms with Crippen molar-refractivity contribution in [2.24, 2.45) is 7.05 Å². The van der Waals surface area contributed by atoms with Crippen LogP contribution in [0.5, 0.6) is 0 Å². The highest BCUT2D eigenvalue weighted by Crippen LogP contribution is 2.19. The van der Waals surface area contributed by atoms with Crippen molar-refractivity contribution in [3.05, 3.63) is 39.3 Å². The predicted molar refractivity (Wildman–Crippen MR) is 76.7 cm³/mol. The standard InChI is InChI=1S/C13H17BrN4/c1-8-5-13(16-7-12(8)14)15-6-11-9(2)17-18(4)10(11)3/h5,7H,6H2,1-4H3,(H,15,16). The van der Waals surface area contributed by atoms with Crippen LogP contribution >= 0.6 is 15.9 Å². The van der Waals surface area contributed by atoms with Crippen molar-refractivity contribution in [3.63, 3.8) is 0 Å². The van der Waals surface area contributed by atoms with Crippen LogP contribution in [0.3, 0.4) is 0 Å². The summed E-state index contributed by atoms with van der Waals surface area (Å²) in [6.07, 6.45) is 1.82. The highest BCUT2D eigenvalue weighted by atomic mass is 79.9. The first-order valence-electron chi connectivity index (χ1n) is 5.84. The molecular formula is C13H17BrN4. The Labute approximate surface area is 116 Å². The zero-order valence-corrected chi connectivity index (χ0v) is 12.7. The average molecular weight is 309 g/mol. The van der Waals surface area contributed by atoms with E-state index < -0.39 is 0 Å². The van der Waals surface area contributed by atoms with Gasteiger partial charge in [-0.1, -0.05) is 0 Å². The number of hydrogen-bond acceptors (Lipinski definition) is 3. The molecule has 0 unspecified atom stereocenters. The van der Waals surface area contributed by atoms with Crippen LogP contribution in [0.15, 0.2) is 16.7 Å². The lowest BCUT2D eigenvalue weighted by atomic mass is 10.2. The molecule has 4 nitrogen and oxygen atoms in total. The molecule has 0 aliphatic rings. The summed E-state index contributed by atoms with van der Waals surface area (Å²) in [4.78, 5) is 4.34. The third kappa shape index (κ3) is 2.56. The van der Waals surface area contributed by atoms with Crippen molar-refractivity contribution < 1.29 is 0 Å². The molecule has 0 spiro atoms. The smallest absolute Gasteiger partial charge is 0.126 e. The van der Waals surface area contributed by atoms with E-state index in [9.17, 15) is 0 Å². The minimum Gasteiger partial charge on any atom is -0.366 e. The Morgan fingerprint density at radius 2 is 2.06 bits per heavy atom. The molecule has 18 heavy (non-hydrogen) atoms. The highest BCUT2D eigenvalue weighted by molar-refractivity contribution is 9.10. The summed E-state index contributed by atoms with van der Waals surface area (Å²) in [5.74, 6) is 0.887. The van der Waals surface area contributed by atoms with Gasteiger partial charge in [-0.25, -0.2) is 4.98 Å². The number of hydrogen-bond donors (Lipinski definition) is 1. The first-order chi connectivity index (χ1) is 8.49. The van der Waals surface area contributed by atoms with Crippen molar-refractivity contribution in [2.75, 3.05) is 5.32 Å². The van der Waals surface area contributed by atoms with Gasteiger partial charge in [0.05, 0.1) is 5.69 Å². The summed E-state index contributed by atoms with van der Waals surface area (Å²) < 4.78 is 2.94. The predicted octanol–water partition coefficient (Wildman–Crippen LogP) is 3.11. The third-order valence-corrected chi connectivity index (χ3v) is 3.98. The maximum atomic E-state index is 4.40. The van der Waals surface area contributed by atoms with Gasteiger partial charge in [0.15, 0.2) is 0 Å². The zero-order valence-electron chi connectivity index (χ0n) is 11.1. The van der Waals surface area contributed by atoms with E-state index in [0.29, 0.717) is 0 Å². The van der Waals surface area contributed by atoms with Crippen molar-refractivity contribution >= 4 is 21.7 Å². The summed E-state index contributed by atoms with van der Waals surface area (Å²) in [6, 6.07) is 2.03. The van der Waals surface area contributed by atoms with Crippen molar-refractivity contribution in [1.29, 1.82) is 0 Å². The highest BCUT2D eigenvalue weighted by Gasteiger charge is 2.09. The maximum absolute atomic E-state index is 4.40. The Morgan fingerprint density at radius 1 is 1.33 bits per heavy atom. The summed E-state index contributed by atoms with van der Waals surface area (Å²) in [6.45, 7) is 6.92. The van der Waals surface area contributed by atoms with Crippen LogP contribution in [0, 0.1) is 20.8 Å². The second-order valence-electron chi connectivity index (χ2n) is 4.45. The van der Waals surface area contributed by atoms with Crippen molar-refractivity contribution in [2.45, 2.75) is 27.3 Å². The number of anilines is 1. The van der Waals surface area contributed by atoms with E-state index in [4.69, 9.17) is 0 Å². The second kappa shape index (κ2) is 5.10. The number of aromatic nitrogens is 3. The lowest BCUT2D eigenvalue weighted by molar-refractivity contribution is 0.730. The Kier molecular flexibility index (Phi) is 3.71.